The summed E-state index contributed by atoms with van der Waals surface area (Å²) in [4.78, 5) is 24.7. The molecule has 0 saturated heterocycles. The number of pyridine rings is 1. The number of halogens is 1. The minimum Gasteiger partial charge on any atom is -0.347 e. The average molecular weight is 227 g/mol. The van der Waals surface area contributed by atoms with Crippen LogP contribution in [0, 0.1) is 0 Å². The third-order valence-corrected chi connectivity index (χ3v) is 1.83. The Morgan fingerprint density at radius 1 is 1.47 bits per heavy atom. The van der Waals surface area contributed by atoms with E-state index >= 15 is 0 Å². The zero-order chi connectivity index (χ0) is 11.1. The van der Waals surface area contributed by atoms with Crippen LogP contribution in [0.5, 0.6) is 0 Å². The van der Waals surface area contributed by atoms with Gasteiger partial charge in [-0.05, 0) is 6.07 Å². The van der Waals surface area contributed by atoms with Crippen molar-refractivity contribution < 1.29 is 4.79 Å². The second-order valence-corrected chi connectivity index (χ2v) is 3.07. The van der Waals surface area contributed by atoms with E-state index in [4.69, 9.17) is 11.6 Å². The number of H-pyrrole nitrogens is 1. The first-order valence-electron chi connectivity index (χ1n) is 4.42. The fourth-order valence-electron chi connectivity index (χ4n) is 0.973. The third-order valence-electron chi connectivity index (χ3n) is 1.65. The predicted molar refractivity (Wildman–Crippen MR) is 59.3 cm³/mol. The lowest BCUT2D eigenvalue weighted by Gasteiger charge is -2.00. The number of carbonyl (C=O) groups is 1. The maximum Gasteiger partial charge on any atom is 0.268 e. The molecule has 0 fully saturated rings. The summed E-state index contributed by atoms with van der Waals surface area (Å²) in [6.07, 6.45) is 3.47. The number of allylic oxidation sites excluding steroid dienone is 1. The standard InChI is InChI=1S/C10H11ClN2O2/c11-6-1-2-7-12-10(15)8-4-3-5-9(14)13-8/h1-5H,6-7H2,(H,12,15)(H,13,14)/b2-1+. The van der Waals surface area contributed by atoms with Crippen LogP contribution in [0.1, 0.15) is 10.5 Å². The molecule has 15 heavy (non-hydrogen) atoms. The first-order valence-corrected chi connectivity index (χ1v) is 4.96. The van der Waals surface area contributed by atoms with Gasteiger partial charge in [0.2, 0.25) is 5.56 Å². The second kappa shape index (κ2) is 6.03. The van der Waals surface area contributed by atoms with E-state index in [1.54, 1.807) is 18.2 Å². The lowest BCUT2D eigenvalue weighted by atomic mass is 10.3. The Bertz CT molecular complexity index is 412. The van der Waals surface area contributed by atoms with E-state index in [0.29, 0.717) is 12.4 Å². The smallest absolute Gasteiger partial charge is 0.268 e. The van der Waals surface area contributed by atoms with Crippen LogP contribution < -0.4 is 10.9 Å². The Balaban J connectivity index is 2.54. The molecule has 4 nitrogen and oxygen atoms in total. The molecule has 0 unspecified atom stereocenters. The molecule has 0 aliphatic rings. The first kappa shape index (κ1) is 11.5. The van der Waals surface area contributed by atoms with E-state index in [-0.39, 0.29) is 17.2 Å². The SMILES string of the molecule is O=C(NC/C=C/CCl)c1cccc(=O)[nH]1. The molecule has 0 aromatic carbocycles. The van der Waals surface area contributed by atoms with Gasteiger partial charge in [-0.1, -0.05) is 18.2 Å². The van der Waals surface area contributed by atoms with E-state index in [2.05, 4.69) is 10.3 Å². The highest BCUT2D eigenvalue weighted by Gasteiger charge is 2.03. The zero-order valence-electron chi connectivity index (χ0n) is 8.00. The Labute approximate surface area is 92.0 Å². The van der Waals surface area contributed by atoms with Gasteiger partial charge in [-0.2, -0.15) is 0 Å². The maximum absolute atomic E-state index is 11.4. The van der Waals surface area contributed by atoms with Crippen molar-refractivity contribution in [2.75, 3.05) is 12.4 Å². The molecule has 1 aromatic heterocycles. The molecule has 1 aromatic rings. The summed E-state index contributed by atoms with van der Waals surface area (Å²) in [6, 6.07) is 4.43. The number of rotatable bonds is 4. The van der Waals surface area contributed by atoms with Crippen LogP contribution in [0.25, 0.3) is 0 Å². The van der Waals surface area contributed by atoms with Gasteiger partial charge in [0.25, 0.3) is 5.91 Å². The van der Waals surface area contributed by atoms with Gasteiger partial charge in [0.1, 0.15) is 5.69 Å². The second-order valence-electron chi connectivity index (χ2n) is 2.76. The molecule has 1 amide bonds. The normalized spacial score (nSPS) is 10.5. The molecule has 0 bridgehead atoms. The molecule has 80 valence electrons. The molecular formula is C10H11ClN2O2. The van der Waals surface area contributed by atoms with Crippen LogP contribution in [-0.2, 0) is 0 Å². The summed E-state index contributed by atoms with van der Waals surface area (Å²) in [6.45, 7) is 0.391. The van der Waals surface area contributed by atoms with Crippen molar-refractivity contribution in [2.45, 2.75) is 0 Å². The summed E-state index contributed by atoms with van der Waals surface area (Å²) in [5.74, 6) is 0.102. The largest absolute Gasteiger partial charge is 0.347 e. The number of aromatic nitrogens is 1. The zero-order valence-corrected chi connectivity index (χ0v) is 8.75. The highest BCUT2D eigenvalue weighted by molar-refractivity contribution is 6.18. The Hall–Kier alpha value is -1.55. The Morgan fingerprint density at radius 2 is 2.27 bits per heavy atom. The number of amides is 1. The first-order chi connectivity index (χ1) is 7.24. The van der Waals surface area contributed by atoms with Crippen LogP contribution in [0.15, 0.2) is 35.1 Å². The molecule has 5 heteroatoms. The van der Waals surface area contributed by atoms with Crippen molar-refractivity contribution >= 4 is 17.5 Å². The molecule has 1 rings (SSSR count). The van der Waals surface area contributed by atoms with Crippen molar-refractivity contribution in [3.05, 3.63) is 46.4 Å². The van der Waals surface area contributed by atoms with Crippen molar-refractivity contribution in [3.8, 4) is 0 Å². The number of carbonyl (C=O) groups excluding carboxylic acids is 1. The van der Waals surface area contributed by atoms with Gasteiger partial charge in [-0.3, -0.25) is 9.59 Å². The summed E-state index contributed by atoms with van der Waals surface area (Å²) >= 11 is 5.41. The summed E-state index contributed by atoms with van der Waals surface area (Å²) in [5.41, 5.74) is -0.0410. The van der Waals surface area contributed by atoms with Gasteiger partial charge in [0, 0.05) is 18.5 Å². The summed E-state index contributed by atoms with van der Waals surface area (Å²) in [7, 11) is 0. The molecule has 0 aliphatic heterocycles. The van der Waals surface area contributed by atoms with Gasteiger partial charge in [0.15, 0.2) is 0 Å². The molecule has 0 aliphatic carbocycles. The predicted octanol–water partition coefficient (Wildman–Crippen LogP) is 0.900. The van der Waals surface area contributed by atoms with E-state index in [1.165, 1.54) is 12.1 Å². The van der Waals surface area contributed by atoms with Gasteiger partial charge in [-0.15, -0.1) is 11.6 Å². The molecule has 0 spiro atoms. The minimum atomic E-state index is -0.313. The van der Waals surface area contributed by atoms with Gasteiger partial charge in [-0.25, -0.2) is 0 Å². The van der Waals surface area contributed by atoms with Crippen molar-refractivity contribution in [1.82, 2.24) is 10.3 Å². The number of hydrogen-bond donors (Lipinski definition) is 2. The van der Waals surface area contributed by atoms with E-state index in [1.807, 2.05) is 0 Å². The molecular weight excluding hydrogens is 216 g/mol. The Morgan fingerprint density at radius 3 is 2.93 bits per heavy atom. The van der Waals surface area contributed by atoms with E-state index in [9.17, 15) is 9.59 Å². The van der Waals surface area contributed by atoms with Crippen LogP contribution in [0.4, 0.5) is 0 Å². The van der Waals surface area contributed by atoms with Gasteiger partial charge in [0.05, 0.1) is 0 Å². The third kappa shape index (κ3) is 3.99. The fraction of sp³-hybridized carbons (Fsp3) is 0.200. The van der Waals surface area contributed by atoms with Crippen LogP contribution in [0.3, 0.4) is 0 Å². The summed E-state index contributed by atoms with van der Waals surface area (Å²) in [5, 5.41) is 2.61. The van der Waals surface area contributed by atoms with Crippen LogP contribution >= 0.6 is 11.6 Å². The van der Waals surface area contributed by atoms with Crippen LogP contribution in [-0.4, -0.2) is 23.3 Å². The van der Waals surface area contributed by atoms with E-state index in [0.717, 1.165) is 0 Å². The monoisotopic (exact) mass is 226 g/mol. The van der Waals surface area contributed by atoms with Crippen molar-refractivity contribution in [2.24, 2.45) is 0 Å². The lowest BCUT2D eigenvalue weighted by molar-refractivity contribution is 0.0953. The Kier molecular flexibility index (Phi) is 4.63. The number of alkyl halides is 1. The highest BCUT2D eigenvalue weighted by Crippen LogP contribution is 1.89. The molecule has 0 atom stereocenters. The van der Waals surface area contributed by atoms with E-state index < -0.39 is 0 Å². The topological polar surface area (TPSA) is 62.0 Å². The van der Waals surface area contributed by atoms with Gasteiger partial charge < -0.3 is 10.3 Å². The molecule has 0 saturated carbocycles. The summed E-state index contributed by atoms with van der Waals surface area (Å²) < 4.78 is 0. The van der Waals surface area contributed by atoms with Crippen molar-refractivity contribution in [3.63, 3.8) is 0 Å². The average Bonchev–Trinajstić information content (AvgIpc) is 2.24. The fourth-order valence-corrected chi connectivity index (χ4v) is 1.10. The van der Waals surface area contributed by atoms with Crippen LogP contribution in [0.2, 0.25) is 0 Å². The maximum atomic E-state index is 11.4. The molecule has 1 heterocycles. The van der Waals surface area contributed by atoms with Gasteiger partial charge >= 0.3 is 0 Å². The number of nitrogens with one attached hydrogen (secondary N) is 2. The number of hydrogen-bond acceptors (Lipinski definition) is 2. The molecule has 2 N–H and O–H groups in total. The van der Waals surface area contributed by atoms with Crippen molar-refractivity contribution in [1.29, 1.82) is 0 Å². The highest BCUT2D eigenvalue weighted by atomic mass is 35.5. The molecule has 0 radical (unpaired) electrons. The number of aromatic amines is 1. The lowest BCUT2D eigenvalue weighted by Crippen LogP contribution is -2.26. The quantitative estimate of drug-likeness (QED) is 0.592. The minimum absolute atomic E-state index is 0.252.